The van der Waals surface area contributed by atoms with Crippen LogP contribution in [0, 0.1) is 11.8 Å². The minimum atomic E-state index is -1.02. The molecule has 0 unspecified atom stereocenters. The van der Waals surface area contributed by atoms with Gasteiger partial charge in [0, 0.05) is 43.9 Å². The number of nitrogens with two attached hydrogens (primary N) is 1. The van der Waals surface area contributed by atoms with E-state index in [9.17, 15) is 29.1 Å². The number of hydrogen-bond acceptors (Lipinski definition) is 11. The summed E-state index contributed by atoms with van der Waals surface area (Å²) < 4.78 is 21.4. The maximum Gasteiger partial charge on any atom is 0.405 e. The lowest BCUT2D eigenvalue weighted by atomic mass is 9.85. The highest BCUT2D eigenvalue weighted by molar-refractivity contribution is 6.23. The highest BCUT2D eigenvalue weighted by Gasteiger charge is 2.33. The normalized spacial score (nSPS) is 28.3. The van der Waals surface area contributed by atoms with Crippen molar-refractivity contribution >= 4 is 29.5 Å². The van der Waals surface area contributed by atoms with Gasteiger partial charge in [-0.2, -0.15) is 0 Å². The number of carbonyl (C=O) groups excluding carboxylic acids is 5. The fourth-order valence-corrected chi connectivity index (χ4v) is 5.85. The largest absolute Gasteiger partial charge is 0.465 e. The molecular weight excluding hydrogens is 646 g/mol. The number of methoxy groups -OCH3 is 3. The van der Waals surface area contributed by atoms with E-state index in [2.05, 4.69) is 10.6 Å². The number of primary amides is 1. The summed E-state index contributed by atoms with van der Waals surface area (Å²) in [6.07, 6.45) is 3.42. The van der Waals surface area contributed by atoms with Crippen molar-refractivity contribution in [1.29, 1.82) is 0 Å². The van der Waals surface area contributed by atoms with Crippen LogP contribution in [-0.2, 0) is 39.9 Å². The van der Waals surface area contributed by atoms with Crippen LogP contribution in [0.3, 0.4) is 0 Å². The molecule has 13 nitrogen and oxygen atoms in total. The summed E-state index contributed by atoms with van der Waals surface area (Å²) in [5, 5.41) is 17.0. The number of carbonyl (C=O) groups is 5. The van der Waals surface area contributed by atoms with E-state index in [0.717, 1.165) is 11.6 Å². The standard InChI is InChI=1S/C37H47N3O10/c1-20-15-26-31(39-19-24-11-13-25(14-12-24)36(45)49-7)28(41)18-27(33(26)43)40-35(44)21(2)9-8-10-29(47-5)34(50-37(38)46)23(4)17-22(3)32(42)30(16-20)48-6/h8-14,17-18,20,22,29-30,32,34,39,42H,15-16,19H2,1-7H3,(H2,38,46)(H,40,44)/b10-8-,21-9+,23-17+/t20-,22+,29+,30+,32-,34+/m1/s1. The fourth-order valence-electron chi connectivity index (χ4n) is 5.85. The quantitative estimate of drug-likeness (QED) is 0.186. The third-order valence-corrected chi connectivity index (χ3v) is 8.64. The lowest BCUT2D eigenvalue weighted by Gasteiger charge is -2.30. The van der Waals surface area contributed by atoms with Crippen LogP contribution in [0.2, 0.25) is 0 Å². The maximum atomic E-state index is 13.9. The fraction of sp³-hybridized carbons (Fsp3) is 0.432. The molecule has 50 heavy (non-hydrogen) atoms. The van der Waals surface area contributed by atoms with Crippen LogP contribution in [0.5, 0.6) is 0 Å². The van der Waals surface area contributed by atoms with Gasteiger partial charge in [0.1, 0.15) is 6.10 Å². The zero-order valence-electron chi connectivity index (χ0n) is 29.5. The van der Waals surface area contributed by atoms with Crippen molar-refractivity contribution in [3.8, 4) is 0 Å². The predicted molar refractivity (Wildman–Crippen MR) is 184 cm³/mol. The SMILES string of the molecule is COC(=O)c1ccc(CNC2=C3C[C@@H](C)C[C@H](OC)[C@H](O)[C@@H](C)/C=C(\C)[C@H](OC(N)=O)[C@@H](OC)/C=C\C=C(/C)C(=O)NC(=CC2=O)C3=O)cc1. The average Bonchev–Trinajstić information content (AvgIpc) is 3.08. The van der Waals surface area contributed by atoms with Gasteiger partial charge < -0.3 is 40.4 Å². The van der Waals surface area contributed by atoms with E-state index in [0.29, 0.717) is 17.6 Å². The number of ether oxygens (including phenoxy) is 4. The van der Waals surface area contributed by atoms with Crippen LogP contribution in [0.4, 0.5) is 4.79 Å². The molecule has 0 saturated heterocycles. The molecule has 0 spiro atoms. The number of hydrogen-bond donors (Lipinski definition) is 4. The van der Waals surface area contributed by atoms with Crippen molar-refractivity contribution < 1.29 is 48.0 Å². The zero-order chi connectivity index (χ0) is 37.1. The number of esters is 1. The van der Waals surface area contributed by atoms with Gasteiger partial charge in [-0.15, -0.1) is 0 Å². The molecule has 3 rings (SSSR count). The topological polar surface area (TPSA) is 193 Å². The van der Waals surface area contributed by atoms with Crippen LogP contribution in [0.25, 0.3) is 0 Å². The van der Waals surface area contributed by atoms with Crippen molar-refractivity contribution in [3.05, 3.63) is 93.9 Å². The van der Waals surface area contributed by atoms with Crippen LogP contribution < -0.4 is 16.4 Å². The Morgan fingerprint density at radius 3 is 2.32 bits per heavy atom. The van der Waals surface area contributed by atoms with Crippen molar-refractivity contribution in [2.24, 2.45) is 17.6 Å². The summed E-state index contributed by atoms with van der Waals surface area (Å²) in [5.41, 5.74) is 7.35. The number of rotatable bonds is 7. The summed E-state index contributed by atoms with van der Waals surface area (Å²) in [5.74, 6) is -2.87. The first-order chi connectivity index (χ1) is 23.7. The zero-order valence-corrected chi connectivity index (χ0v) is 29.5. The van der Waals surface area contributed by atoms with E-state index >= 15 is 0 Å². The monoisotopic (exact) mass is 693 g/mol. The summed E-state index contributed by atoms with van der Waals surface area (Å²) in [6, 6.07) is 6.61. The Kier molecular flexibility index (Phi) is 14.4. The first-order valence-corrected chi connectivity index (χ1v) is 16.2. The van der Waals surface area contributed by atoms with Gasteiger partial charge in [0.25, 0.3) is 5.91 Å². The second kappa shape index (κ2) is 18.2. The van der Waals surface area contributed by atoms with Gasteiger partial charge in [0.2, 0.25) is 11.6 Å². The second-order valence-electron chi connectivity index (χ2n) is 12.5. The number of fused-ring (bicyclic) bond motifs is 2. The van der Waals surface area contributed by atoms with Crippen LogP contribution >= 0.6 is 0 Å². The maximum absolute atomic E-state index is 13.9. The van der Waals surface area contributed by atoms with Gasteiger partial charge >= 0.3 is 12.1 Å². The van der Waals surface area contributed by atoms with Crippen molar-refractivity contribution in [3.63, 3.8) is 0 Å². The Morgan fingerprint density at radius 1 is 1.04 bits per heavy atom. The van der Waals surface area contributed by atoms with E-state index < -0.39 is 59.9 Å². The molecule has 0 radical (unpaired) electrons. The third kappa shape index (κ3) is 10.3. The van der Waals surface area contributed by atoms with E-state index in [1.54, 1.807) is 50.3 Å². The Bertz CT molecular complexity index is 1600. The Balaban J connectivity index is 2.04. The minimum absolute atomic E-state index is 0.0884. The molecule has 0 fully saturated rings. The summed E-state index contributed by atoms with van der Waals surface area (Å²) in [6.45, 7) is 7.09. The number of nitrogens with one attached hydrogen (secondary N) is 2. The molecule has 1 heterocycles. The molecule has 2 bridgehead atoms. The van der Waals surface area contributed by atoms with Crippen LogP contribution in [0.15, 0.2) is 82.8 Å². The highest BCUT2D eigenvalue weighted by Crippen LogP contribution is 2.29. The molecule has 0 saturated carbocycles. The van der Waals surface area contributed by atoms with E-state index in [-0.39, 0.29) is 41.4 Å². The molecule has 5 N–H and O–H groups in total. The van der Waals surface area contributed by atoms with Gasteiger partial charge in [-0.1, -0.05) is 50.3 Å². The minimum Gasteiger partial charge on any atom is -0.465 e. The molecule has 1 aromatic carbocycles. The number of aliphatic hydroxyl groups is 1. The molecule has 13 heteroatoms. The van der Waals surface area contributed by atoms with Crippen LogP contribution in [-0.4, -0.2) is 80.4 Å². The van der Waals surface area contributed by atoms with Crippen molar-refractivity contribution in [1.82, 2.24) is 10.6 Å². The van der Waals surface area contributed by atoms with Gasteiger partial charge in [-0.05, 0) is 55.9 Å². The molecule has 1 aliphatic carbocycles. The number of benzene rings is 1. The smallest absolute Gasteiger partial charge is 0.405 e. The molecule has 2 amide bonds. The summed E-state index contributed by atoms with van der Waals surface area (Å²) in [7, 11) is 4.19. The van der Waals surface area contributed by atoms with E-state index in [4.69, 9.17) is 24.7 Å². The van der Waals surface area contributed by atoms with Gasteiger partial charge in [-0.25, -0.2) is 9.59 Å². The lowest BCUT2D eigenvalue weighted by Crippen LogP contribution is -2.37. The number of allylic oxidation sites excluding steroid dienone is 4. The number of amides is 2. The van der Waals surface area contributed by atoms with E-state index in [1.165, 1.54) is 40.4 Å². The first-order valence-electron chi connectivity index (χ1n) is 16.2. The lowest BCUT2D eigenvalue weighted by molar-refractivity contribution is -0.120. The molecule has 0 aromatic heterocycles. The number of Topliss-reactive ketones (excluding diaryl/α,β-unsaturated/α-hetero) is 1. The molecule has 1 aliphatic heterocycles. The van der Waals surface area contributed by atoms with Crippen molar-refractivity contribution in [2.75, 3.05) is 21.3 Å². The summed E-state index contributed by atoms with van der Waals surface area (Å²) >= 11 is 0. The highest BCUT2D eigenvalue weighted by atomic mass is 16.6. The summed E-state index contributed by atoms with van der Waals surface area (Å²) in [4.78, 5) is 64.3. The van der Waals surface area contributed by atoms with Crippen LogP contribution in [0.1, 0.15) is 56.5 Å². The average molecular weight is 694 g/mol. The number of aliphatic hydroxyl groups excluding tert-OH is 1. The molecule has 1 aromatic rings. The predicted octanol–water partition coefficient (Wildman–Crippen LogP) is 3.34. The molecule has 6 atom stereocenters. The Hall–Kier alpha value is -4.85. The Labute approximate surface area is 292 Å². The van der Waals surface area contributed by atoms with Crippen molar-refractivity contribution in [2.45, 2.75) is 71.5 Å². The van der Waals surface area contributed by atoms with E-state index in [1.807, 2.05) is 6.92 Å². The van der Waals surface area contributed by atoms with Gasteiger partial charge in [-0.3, -0.25) is 14.4 Å². The number of ketones is 2. The second-order valence-corrected chi connectivity index (χ2v) is 12.5. The molecule has 270 valence electrons. The third-order valence-electron chi connectivity index (χ3n) is 8.64. The molecular formula is C37H47N3O10. The Morgan fingerprint density at radius 2 is 1.72 bits per heavy atom. The molecule has 2 aliphatic rings. The van der Waals surface area contributed by atoms with Gasteiger partial charge in [0.05, 0.1) is 36.3 Å². The van der Waals surface area contributed by atoms with Gasteiger partial charge in [0.15, 0.2) is 6.10 Å². The first kappa shape index (κ1) is 39.6.